The van der Waals surface area contributed by atoms with Gasteiger partial charge in [0.15, 0.2) is 0 Å². The van der Waals surface area contributed by atoms with E-state index in [-0.39, 0.29) is 5.92 Å². The van der Waals surface area contributed by atoms with E-state index >= 15 is 0 Å². The third-order valence-corrected chi connectivity index (χ3v) is 2.65. The predicted molar refractivity (Wildman–Crippen MR) is 52.6 cm³/mol. The summed E-state index contributed by atoms with van der Waals surface area (Å²) in [5.41, 5.74) is 0.207. The van der Waals surface area contributed by atoms with Gasteiger partial charge in [0.2, 0.25) is 0 Å². The fourth-order valence-corrected chi connectivity index (χ4v) is 1.86. The van der Waals surface area contributed by atoms with Gasteiger partial charge in [-0.3, -0.25) is 0 Å². The minimum atomic E-state index is -4.24. The van der Waals surface area contributed by atoms with Crippen LogP contribution in [0.5, 0.6) is 0 Å². The van der Waals surface area contributed by atoms with Gasteiger partial charge in [0.25, 0.3) is 0 Å². The number of rotatable bonds is 1. The maximum absolute atomic E-state index is 12.4. The molecule has 0 amide bonds. The molecule has 2 rings (SSSR count). The molecule has 1 aromatic carbocycles. The van der Waals surface area contributed by atoms with E-state index in [1.54, 1.807) is 6.07 Å². The zero-order chi connectivity index (χ0) is 10.9. The summed E-state index contributed by atoms with van der Waals surface area (Å²) in [6, 6.07) is 5.60. The zero-order valence-electron chi connectivity index (χ0n) is 8.09. The first-order valence-corrected chi connectivity index (χ1v) is 4.91. The van der Waals surface area contributed by atoms with Crippen molar-refractivity contribution in [1.29, 1.82) is 0 Å². The molecule has 80 valence electrons. The third kappa shape index (κ3) is 2.22. The molecule has 0 saturated carbocycles. The van der Waals surface area contributed by atoms with Crippen molar-refractivity contribution in [3.8, 4) is 0 Å². The van der Waals surface area contributed by atoms with Crippen LogP contribution in [0.2, 0.25) is 0 Å². The molecule has 0 nitrogen and oxygen atoms in total. The molecule has 0 bridgehead atoms. The second-order valence-electron chi connectivity index (χ2n) is 3.74. The zero-order valence-corrected chi connectivity index (χ0v) is 8.09. The minimum Gasteiger partial charge on any atom is -0.166 e. The Balaban J connectivity index is 2.30. The maximum Gasteiger partial charge on any atom is 0.416 e. The van der Waals surface area contributed by atoms with E-state index in [9.17, 15) is 13.2 Å². The highest BCUT2D eigenvalue weighted by Gasteiger charge is 2.30. The van der Waals surface area contributed by atoms with Crippen molar-refractivity contribution in [2.45, 2.75) is 24.9 Å². The SMILES string of the molecule is FC(F)(F)c1cccc(C2C=CCC2)c1. The molecule has 0 spiro atoms. The van der Waals surface area contributed by atoms with Crippen LogP contribution in [0.1, 0.15) is 29.9 Å². The Kier molecular flexibility index (Phi) is 2.55. The second-order valence-corrected chi connectivity index (χ2v) is 3.74. The fraction of sp³-hybridized carbons (Fsp3) is 0.333. The van der Waals surface area contributed by atoms with Gasteiger partial charge in [-0.05, 0) is 24.5 Å². The Morgan fingerprint density at radius 2 is 2.00 bits per heavy atom. The molecule has 1 aliphatic rings. The van der Waals surface area contributed by atoms with Crippen LogP contribution in [0.15, 0.2) is 36.4 Å². The van der Waals surface area contributed by atoms with Crippen LogP contribution >= 0.6 is 0 Å². The molecule has 0 saturated heterocycles. The number of benzene rings is 1. The van der Waals surface area contributed by atoms with Gasteiger partial charge in [0.1, 0.15) is 0 Å². The van der Waals surface area contributed by atoms with Crippen LogP contribution in [-0.2, 0) is 6.18 Å². The lowest BCUT2D eigenvalue weighted by molar-refractivity contribution is -0.137. The van der Waals surface area contributed by atoms with Crippen molar-refractivity contribution in [2.75, 3.05) is 0 Å². The first-order chi connectivity index (χ1) is 7.07. The summed E-state index contributed by atoms with van der Waals surface area (Å²) < 4.78 is 37.3. The monoisotopic (exact) mass is 212 g/mol. The largest absolute Gasteiger partial charge is 0.416 e. The molecule has 0 radical (unpaired) electrons. The van der Waals surface area contributed by atoms with Gasteiger partial charge in [-0.2, -0.15) is 13.2 Å². The molecule has 0 fully saturated rings. The quantitative estimate of drug-likeness (QED) is 0.614. The standard InChI is InChI=1S/C12H11F3/c13-12(14,15)11-7-3-6-10(8-11)9-4-1-2-5-9/h1,3-4,6-9H,2,5H2. The highest BCUT2D eigenvalue weighted by molar-refractivity contribution is 5.31. The smallest absolute Gasteiger partial charge is 0.166 e. The molecular weight excluding hydrogens is 201 g/mol. The van der Waals surface area contributed by atoms with Gasteiger partial charge >= 0.3 is 6.18 Å². The van der Waals surface area contributed by atoms with E-state index in [0.717, 1.165) is 24.5 Å². The van der Waals surface area contributed by atoms with Crippen molar-refractivity contribution in [2.24, 2.45) is 0 Å². The summed E-state index contributed by atoms with van der Waals surface area (Å²) in [7, 11) is 0. The minimum absolute atomic E-state index is 0.160. The van der Waals surface area contributed by atoms with E-state index in [1.165, 1.54) is 12.1 Å². The Morgan fingerprint density at radius 3 is 2.60 bits per heavy atom. The van der Waals surface area contributed by atoms with Crippen LogP contribution in [0.25, 0.3) is 0 Å². The maximum atomic E-state index is 12.4. The molecule has 15 heavy (non-hydrogen) atoms. The lowest BCUT2D eigenvalue weighted by atomic mass is 9.97. The van der Waals surface area contributed by atoms with Gasteiger partial charge in [-0.15, -0.1) is 0 Å². The summed E-state index contributed by atoms with van der Waals surface area (Å²) in [6.07, 6.45) is 1.64. The first kappa shape index (κ1) is 10.3. The fourth-order valence-electron chi connectivity index (χ4n) is 1.86. The van der Waals surface area contributed by atoms with Crippen molar-refractivity contribution >= 4 is 0 Å². The molecule has 0 heterocycles. The van der Waals surface area contributed by atoms with Gasteiger partial charge in [0, 0.05) is 5.92 Å². The van der Waals surface area contributed by atoms with Crippen molar-refractivity contribution in [3.05, 3.63) is 47.5 Å². The van der Waals surface area contributed by atoms with E-state index in [2.05, 4.69) is 0 Å². The van der Waals surface area contributed by atoms with Crippen LogP contribution in [-0.4, -0.2) is 0 Å². The van der Waals surface area contributed by atoms with Gasteiger partial charge in [-0.25, -0.2) is 0 Å². The van der Waals surface area contributed by atoms with Gasteiger partial charge < -0.3 is 0 Å². The topological polar surface area (TPSA) is 0 Å². The summed E-state index contributed by atoms with van der Waals surface area (Å²) in [5.74, 6) is 0.160. The second kappa shape index (κ2) is 3.72. The van der Waals surface area contributed by atoms with Crippen LogP contribution in [0.4, 0.5) is 13.2 Å². The lowest BCUT2D eigenvalue weighted by Gasteiger charge is -2.11. The predicted octanol–water partition coefficient (Wildman–Crippen LogP) is 4.14. The molecule has 0 aliphatic heterocycles. The van der Waals surface area contributed by atoms with E-state index < -0.39 is 11.7 Å². The van der Waals surface area contributed by atoms with Crippen LogP contribution < -0.4 is 0 Å². The van der Waals surface area contributed by atoms with Crippen molar-refractivity contribution < 1.29 is 13.2 Å². The molecule has 1 atom stereocenters. The number of alkyl halides is 3. The molecule has 1 aliphatic carbocycles. The molecule has 0 N–H and O–H groups in total. The summed E-state index contributed by atoms with van der Waals surface area (Å²) >= 11 is 0. The van der Waals surface area contributed by atoms with E-state index in [4.69, 9.17) is 0 Å². The van der Waals surface area contributed by atoms with Crippen LogP contribution in [0.3, 0.4) is 0 Å². The normalized spacial score (nSPS) is 20.9. The molecule has 3 heteroatoms. The molecule has 0 aromatic heterocycles. The molecule has 1 aromatic rings. The van der Waals surface area contributed by atoms with Crippen molar-refractivity contribution in [3.63, 3.8) is 0 Å². The highest BCUT2D eigenvalue weighted by Crippen LogP contribution is 2.34. The summed E-state index contributed by atoms with van der Waals surface area (Å²) in [5, 5.41) is 0. The first-order valence-electron chi connectivity index (χ1n) is 4.91. The van der Waals surface area contributed by atoms with E-state index in [0.29, 0.717) is 0 Å². The highest BCUT2D eigenvalue weighted by atomic mass is 19.4. The van der Waals surface area contributed by atoms with Gasteiger partial charge in [-0.1, -0.05) is 30.4 Å². The number of allylic oxidation sites excluding steroid dienone is 2. The van der Waals surface area contributed by atoms with Gasteiger partial charge in [0.05, 0.1) is 5.56 Å². The Labute approximate surface area is 86.4 Å². The Hall–Kier alpha value is -1.25. The lowest BCUT2D eigenvalue weighted by Crippen LogP contribution is -2.05. The Morgan fingerprint density at radius 1 is 1.20 bits per heavy atom. The molecule has 1 unspecified atom stereocenters. The molecular formula is C12H11F3. The third-order valence-electron chi connectivity index (χ3n) is 2.65. The summed E-state index contributed by atoms with van der Waals surface area (Å²) in [4.78, 5) is 0. The average Bonchev–Trinajstić information content (AvgIpc) is 2.69. The average molecular weight is 212 g/mol. The Bertz CT molecular complexity index is 377. The summed E-state index contributed by atoms with van der Waals surface area (Å²) in [6.45, 7) is 0. The number of halogens is 3. The van der Waals surface area contributed by atoms with Crippen LogP contribution in [0, 0.1) is 0 Å². The number of hydrogen-bond donors (Lipinski definition) is 0. The number of hydrogen-bond acceptors (Lipinski definition) is 0. The van der Waals surface area contributed by atoms with Crippen molar-refractivity contribution in [1.82, 2.24) is 0 Å². The van der Waals surface area contributed by atoms with E-state index in [1.807, 2.05) is 12.2 Å².